The molecular formula is C13H15N3OS. The second-order valence-electron chi connectivity index (χ2n) is 3.80. The van der Waals surface area contributed by atoms with Gasteiger partial charge in [-0.25, -0.2) is 4.98 Å². The van der Waals surface area contributed by atoms with Gasteiger partial charge in [0.05, 0.1) is 0 Å². The molecule has 0 aliphatic carbocycles. The van der Waals surface area contributed by atoms with Crippen molar-refractivity contribution in [2.24, 2.45) is 0 Å². The van der Waals surface area contributed by atoms with Crippen molar-refractivity contribution >= 4 is 23.4 Å². The Morgan fingerprint density at radius 3 is 2.94 bits per heavy atom. The lowest BCUT2D eigenvalue weighted by molar-refractivity contribution is 0.986. The van der Waals surface area contributed by atoms with E-state index in [4.69, 9.17) is 0 Å². The van der Waals surface area contributed by atoms with Gasteiger partial charge in [-0.2, -0.15) is 0 Å². The van der Waals surface area contributed by atoms with Crippen LogP contribution in [0.2, 0.25) is 0 Å². The molecule has 0 spiro atoms. The normalized spacial score (nSPS) is 10.3. The Kier molecular flexibility index (Phi) is 4.04. The number of nitrogens with one attached hydrogen (secondary N) is 2. The van der Waals surface area contributed by atoms with Crippen molar-refractivity contribution in [3.05, 3.63) is 46.4 Å². The third-order valence-corrected chi connectivity index (χ3v) is 3.21. The maximum absolute atomic E-state index is 11.4. The molecule has 0 aliphatic heterocycles. The van der Waals surface area contributed by atoms with Gasteiger partial charge in [0, 0.05) is 22.3 Å². The van der Waals surface area contributed by atoms with E-state index in [9.17, 15) is 4.79 Å². The molecule has 94 valence electrons. The molecule has 1 aromatic carbocycles. The van der Waals surface area contributed by atoms with Crippen molar-refractivity contribution in [1.82, 2.24) is 9.97 Å². The topological polar surface area (TPSA) is 57.8 Å². The van der Waals surface area contributed by atoms with Gasteiger partial charge in [0.15, 0.2) is 0 Å². The van der Waals surface area contributed by atoms with Gasteiger partial charge in [0.1, 0.15) is 0 Å². The molecule has 0 radical (unpaired) electrons. The van der Waals surface area contributed by atoms with Gasteiger partial charge in [0.25, 0.3) is 5.56 Å². The second-order valence-corrected chi connectivity index (χ2v) is 4.68. The third kappa shape index (κ3) is 3.13. The number of hydrogen-bond donors (Lipinski definition) is 2. The lowest BCUT2D eigenvalue weighted by Crippen LogP contribution is -2.11. The minimum absolute atomic E-state index is 0.134. The summed E-state index contributed by atoms with van der Waals surface area (Å²) in [6, 6.07) is 9.48. The van der Waals surface area contributed by atoms with Gasteiger partial charge in [-0.1, -0.05) is 13.0 Å². The van der Waals surface area contributed by atoms with E-state index in [-0.39, 0.29) is 5.56 Å². The van der Waals surface area contributed by atoms with Crippen LogP contribution in [0.3, 0.4) is 0 Å². The molecule has 0 fully saturated rings. The first-order valence-corrected chi connectivity index (χ1v) is 6.95. The molecule has 2 rings (SSSR count). The summed E-state index contributed by atoms with van der Waals surface area (Å²) in [5.74, 6) is 0.484. The maximum Gasteiger partial charge on any atom is 0.252 e. The van der Waals surface area contributed by atoms with Crippen molar-refractivity contribution in [1.29, 1.82) is 0 Å². The Morgan fingerprint density at radius 1 is 1.39 bits per heavy atom. The van der Waals surface area contributed by atoms with E-state index >= 15 is 0 Å². The van der Waals surface area contributed by atoms with Crippen LogP contribution in [0.4, 0.5) is 11.6 Å². The van der Waals surface area contributed by atoms with Gasteiger partial charge < -0.3 is 5.32 Å². The molecule has 0 atom stereocenters. The number of thioether (sulfide) groups is 1. The number of H-pyrrole nitrogens is 1. The van der Waals surface area contributed by atoms with Gasteiger partial charge in [-0.15, -0.1) is 11.8 Å². The first kappa shape index (κ1) is 12.7. The molecule has 2 N–H and O–H groups in total. The SMILES string of the molecule is CCc1cc(=O)[nH]c(Nc2cccc(SC)c2)n1. The summed E-state index contributed by atoms with van der Waals surface area (Å²) in [6.07, 6.45) is 2.76. The minimum Gasteiger partial charge on any atom is -0.326 e. The number of nitrogens with zero attached hydrogens (tertiary/aromatic N) is 1. The van der Waals surface area contributed by atoms with Crippen LogP contribution in [0.5, 0.6) is 0 Å². The van der Waals surface area contributed by atoms with E-state index in [2.05, 4.69) is 15.3 Å². The van der Waals surface area contributed by atoms with Crippen LogP contribution in [-0.4, -0.2) is 16.2 Å². The van der Waals surface area contributed by atoms with Gasteiger partial charge in [0.2, 0.25) is 5.95 Å². The van der Waals surface area contributed by atoms with Crippen LogP contribution in [0.15, 0.2) is 40.0 Å². The van der Waals surface area contributed by atoms with E-state index in [1.54, 1.807) is 11.8 Å². The fraction of sp³-hybridized carbons (Fsp3) is 0.231. The van der Waals surface area contributed by atoms with Crippen molar-refractivity contribution in [2.75, 3.05) is 11.6 Å². The summed E-state index contributed by atoms with van der Waals surface area (Å²) in [5, 5.41) is 3.11. The highest BCUT2D eigenvalue weighted by molar-refractivity contribution is 7.98. The van der Waals surface area contributed by atoms with E-state index < -0.39 is 0 Å². The summed E-state index contributed by atoms with van der Waals surface area (Å²) < 4.78 is 0. The quantitative estimate of drug-likeness (QED) is 0.831. The van der Waals surface area contributed by atoms with Crippen molar-refractivity contribution in [2.45, 2.75) is 18.2 Å². The van der Waals surface area contributed by atoms with E-state index in [0.29, 0.717) is 5.95 Å². The summed E-state index contributed by atoms with van der Waals surface area (Å²) in [4.78, 5) is 19.6. The Bertz CT molecular complexity index is 595. The van der Waals surface area contributed by atoms with Crippen LogP contribution in [0.25, 0.3) is 0 Å². The van der Waals surface area contributed by atoms with Gasteiger partial charge in [-0.05, 0) is 30.9 Å². The number of hydrogen-bond acceptors (Lipinski definition) is 4. The van der Waals surface area contributed by atoms with Crippen LogP contribution >= 0.6 is 11.8 Å². The van der Waals surface area contributed by atoms with E-state index in [1.165, 1.54) is 6.07 Å². The highest BCUT2D eigenvalue weighted by atomic mass is 32.2. The summed E-state index contributed by atoms with van der Waals surface area (Å²) >= 11 is 1.67. The Labute approximate surface area is 110 Å². The summed E-state index contributed by atoms with van der Waals surface area (Å²) in [5.41, 5.74) is 1.56. The molecular weight excluding hydrogens is 246 g/mol. The first-order chi connectivity index (χ1) is 8.71. The molecule has 0 bridgehead atoms. The Balaban J connectivity index is 2.27. The van der Waals surface area contributed by atoms with Crippen molar-refractivity contribution in [3.63, 3.8) is 0 Å². The number of aryl methyl sites for hydroxylation is 1. The fourth-order valence-electron chi connectivity index (χ4n) is 1.59. The van der Waals surface area contributed by atoms with Crippen molar-refractivity contribution in [3.8, 4) is 0 Å². The van der Waals surface area contributed by atoms with Crippen LogP contribution in [-0.2, 0) is 6.42 Å². The van der Waals surface area contributed by atoms with E-state index in [0.717, 1.165) is 22.7 Å². The predicted molar refractivity (Wildman–Crippen MR) is 75.7 cm³/mol. The number of rotatable bonds is 4. The lowest BCUT2D eigenvalue weighted by Gasteiger charge is -2.07. The van der Waals surface area contributed by atoms with E-state index in [1.807, 2.05) is 37.4 Å². The molecule has 2 aromatic rings. The average molecular weight is 261 g/mol. The van der Waals surface area contributed by atoms with Crippen LogP contribution < -0.4 is 10.9 Å². The Morgan fingerprint density at radius 2 is 2.22 bits per heavy atom. The number of benzene rings is 1. The molecule has 0 saturated heterocycles. The highest BCUT2D eigenvalue weighted by Gasteiger charge is 2.01. The van der Waals surface area contributed by atoms with Gasteiger partial charge in [-0.3, -0.25) is 9.78 Å². The zero-order valence-corrected chi connectivity index (χ0v) is 11.2. The third-order valence-electron chi connectivity index (χ3n) is 2.49. The summed E-state index contributed by atoms with van der Waals surface area (Å²) in [6.45, 7) is 1.97. The van der Waals surface area contributed by atoms with Crippen molar-refractivity contribution < 1.29 is 0 Å². The number of aromatic nitrogens is 2. The molecule has 0 amide bonds. The zero-order chi connectivity index (χ0) is 13.0. The monoisotopic (exact) mass is 261 g/mol. The molecule has 18 heavy (non-hydrogen) atoms. The van der Waals surface area contributed by atoms with Crippen LogP contribution in [0.1, 0.15) is 12.6 Å². The molecule has 0 aliphatic rings. The zero-order valence-electron chi connectivity index (χ0n) is 10.4. The smallest absolute Gasteiger partial charge is 0.252 e. The lowest BCUT2D eigenvalue weighted by atomic mass is 10.3. The average Bonchev–Trinajstić information content (AvgIpc) is 2.38. The first-order valence-electron chi connectivity index (χ1n) is 5.72. The number of anilines is 2. The molecule has 5 heteroatoms. The summed E-state index contributed by atoms with van der Waals surface area (Å²) in [7, 11) is 0. The maximum atomic E-state index is 11.4. The van der Waals surface area contributed by atoms with Crippen LogP contribution in [0, 0.1) is 0 Å². The standard InChI is InChI=1S/C13H15N3OS/c1-3-9-8-12(17)16-13(14-9)15-10-5-4-6-11(7-10)18-2/h4-8H,3H2,1-2H3,(H2,14,15,16,17). The highest BCUT2D eigenvalue weighted by Crippen LogP contribution is 2.20. The minimum atomic E-state index is -0.134. The largest absolute Gasteiger partial charge is 0.326 e. The predicted octanol–water partition coefficient (Wildman–Crippen LogP) is 2.80. The molecule has 4 nitrogen and oxygen atoms in total. The second kappa shape index (κ2) is 5.73. The molecule has 1 heterocycles. The number of aromatic amines is 1. The molecule has 0 unspecified atom stereocenters. The van der Waals surface area contributed by atoms with Gasteiger partial charge >= 0.3 is 0 Å². The molecule has 0 saturated carbocycles. The fourth-order valence-corrected chi connectivity index (χ4v) is 2.05. The molecule has 1 aromatic heterocycles. The Hall–Kier alpha value is -1.75.